The summed E-state index contributed by atoms with van der Waals surface area (Å²) in [5, 5.41) is 25.2. The second kappa shape index (κ2) is 6.75. The van der Waals surface area contributed by atoms with Gasteiger partial charge in [-0.25, -0.2) is 8.78 Å². The van der Waals surface area contributed by atoms with Gasteiger partial charge in [0.05, 0.1) is 17.4 Å². The summed E-state index contributed by atoms with van der Waals surface area (Å²) in [7, 11) is 0. The van der Waals surface area contributed by atoms with Gasteiger partial charge in [0, 0.05) is 44.4 Å². The number of anilines is 2. The number of benzene rings is 1. The van der Waals surface area contributed by atoms with E-state index in [0.29, 0.717) is 17.9 Å². The second-order valence-corrected chi connectivity index (χ2v) is 8.88. The Morgan fingerprint density at radius 1 is 1.07 bits per heavy atom. The summed E-state index contributed by atoms with van der Waals surface area (Å²) in [6.45, 7) is 7.13. The zero-order valence-electron chi connectivity index (χ0n) is 16.5. The Labute approximate surface area is 173 Å². The van der Waals surface area contributed by atoms with Crippen LogP contribution >= 0.6 is 0 Å². The lowest BCUT2D eigenvalue weighted by molar-refractivity contribution is 0.208. The minimum Gasteiger partial charge on any atom is -0.504 e. The van der Waals surface area contributed by atoms with Gasteiger partial charge in [0.25, 0.3) is 0 Å². The molecule has 6 rings (SSSR count). The molecule has 1 aromatic heterocycles. The first kappa shape index (κ1) is 18.3. The van der Waals surface area contributed by atoms with Gasteiger partial charge in [0.15, 0.2) is 17.4 Å². The molecule has 9 heteroatoms. The van der Waals surface area contributed by atoms with Crippen LogP contribution in [0.15, 0.2) is 18.2 Å². The van der Waals surface area contributed by atoms with Crippen LogP contribution in [0.1, 0.15) is 0 Å². The molecule has 4 heterocycles. The van der Waals surface area contributed by atoms with Crippen LogP contribution in [-0.4, -0.2) is 72.1 Å². The molecule has 4 atom stereocenters. The van der Waals surface area contributed by atoms with E-state index in [2.05, 4.69) is 30.6 Å². The third-order valence-electron chi connectivity index (χ3n) is 7.20. The van der Waals surface area contributed by atoms with Crippen molar-refractivity contribution >= 4 is 11.5 Å². The maximum absolute atomic E-state index is 13.8. The molecule has 1 aliphatic carbocycles. The highest BCUT2D eigenvalue weighted by atomic mass is 19.1. The topological polar surface area (TPSA) is 76.5 Å². The summed E-state index contributed by atoms with van der Waals surface area (Å²) in [5.41, 5.74) is 1.14. The minimum atomic E-state index is -1.01. The predicted octanol–water partition coefficient (Wildman–Crippen LogP) is 1.51. The van der Waals surface area contributed by atoms with E-state index in [4.69, 9.17) is 0 Å². The number of nitrogens with zero attached hydrogens (tertiary/aromatic N) is 4. The molecule has 4 aliphatic rings. The van der Waals surface area contributed by atoms with Crippen molar-refractivity contribution in [1.29, 1.82) is 0 Å². The van der Waals surface area contributed by atoms with Crippen LogP contribution in [0.25, 0.3) is 11.3 Å². The summed E-state index contributed by atoms with van der Waals surface area (Å²) in [4.78, 5) is 4.88. The minimum absolute atomic E-state index is 0.0115. The number of piperidine rings is 1. The summed E-state index contributed by atoms with van der Waals surface area (Å²) in [6, 6.07) is 3.81. The van der Waals surface area contributed by atoms with Crippen molar-refractivity contribution in [3.05, 3.63) is 29.8 Å². The van der Waals surface area contributed by atoms with E-state index < -0.39 is 17.4 Å². The second-order valence-electron chi connectivity index (χ2n) is 8.88. The first-order valence-electron chi connectivity index (χ1n) is 10.6. The molecule has 0 radical (unpaired) electrons. The van der Waals surface area contributed by atoms with Crippen LogP contribution < -0.4 is 15.5 Å². The Balaban J connectivity index is 1.23. The smallest absolute Gasteiger partial charge is 0.172 e. The van der Waals surface area contributed by atoms with E-state index in [1.807, 2.05) is 0 Å². The summed E-state index contributed by atoms with van der Waals surface area (Å²) in [6.07, 6.45) is 0. The highest BCUT2D eigenvalue weighted by molar-refractivity contribution is 5.76. The van der Waals surface area contributed by atoms with Crippen LogP contribution in [0.4, 0.5) is 20.3 Å². The number of halogens is 2. The molecule has 3 N–H and O–H groups in total. The van der Waals surface area contributed by atoms with Crippen LogP contribution in [0.3, 0.4) is 0 Å². The Hall–Kier alpha value is -2.52. The van der Waals surface area contributed by atoms with Gasteiger partial charge in [-0.1, -0.05) is 0 Å². The van der Waals surface area contributed by atoms with Gasteiger partial charge in [-0.3, -0.25) is 4.90 Å². The van der Waals surface area contributed by atoms with Gasteiger partial charge in [0.2, 0.25) is 0 Å². The van der Waals surface area contributed by atoms with Crippen molar-refractivity contribution < 1.29 is 13.9 Å². The van der Waals surface area contributed by atoms with Crippen molar-refractivity contribution in [3.8, 4) is 17.0 Å². The van der Waals surface area contributed by atoms with Crippen LogP contribution in [0, 0.1) is 29.4 Å². The Bertz CT molecular complexity index is 994. The lowest BCUT2D eigenvalue weighted by Crippen LogP contribution is -2.58. The molecule has 0 amide bonds. The average molecular weight is 414 g/mol. The summed E-state index contributed by atoms with van der Waals surface area (Å²) in [5.74, 6) is 0.863. The number of nitrogens with one attached hydrogen (secondary N) is 2. The monoisotopic (exact) mass is 414 g/mol. The highest BCUT2D eigenvalue weighted by Gasteiger charge is 2.53. The highest BCUT2D eigenvalue weighted by Crippen LogP contribution is 2.49. The number of phenols is 1. The molecule has 2 aromatic rings. The number of fused-ring (bicyclic) bond motifs is 4. The molecule has 1 saturated carbocycles. The van der Waals surface area contributed by atoms with E-state index in [-0.39, 0.29) is 11.3 Å². The Morgan fingerprint density at radius 3 is 2.73 bits per heavy atom. The normalized spacial score (nSPS) is 29.7. The fourth-order valence-electron chi connectivity index (χ4n) is 5.53. The van der Waals surface area contributed by atoms with E-state index in [0.717, 1.165) is 55.7 Å². The molecule has 2 saturated heterocycles. The van der Waals surface area contributed by atoms with E-state index in [1.165, 1.54) is 19.6 Å². The maximum Gasteiger partial charge on any atom is 0.172 e. The average Bonchev–Trinajstić information content (AvgIpc) is 3.16. The van der Waals surface area contributed by atoms with Crippen LogP contribution in [0.2, 0.25) is 0 Å². The largest absolute Gasteiger partial charge is 0.504 e. The fraction of sp³-hybridized carbons (Fsp3) is 0.524. The van der Waals surface area contributed by atoms with Crippen molar-refractivity contribution in [2.45, 2.75) is 6.04 Å². The molecule has 0 spiro atoms. The summed E-state index contributed by atoms with van der Waals surface area (Å²) >= 11 is 0. The third kappa shape index (κ3) is 2.91. The van der Waals surface area contributed by atoms with Gasteiger partial charge in [-0.2, -0.15) is 0 Å². The van der Waals surface area contributed by atoms with Crippen LogP contribution in [0.5, 0.6) is 5.75 Å². The number of rotatable bonds is 3. The lowest BCUT2D eigenvalue weighted by Gasteiger charge is -2.46. The molecular weight excluding hydrogens is 390 g/mol. The Kier molecular flexibility index (Phi) is 4.11. The molecule has 30 heavy (non-hydrogen) atoms. The van der Waals surface area contributed by atoms with Crippen LogP contribution in [-0.2, 0) is 0 Å². The molecule has 0 bridgehead atoms. The van der Waals surface area contributed by atoms with Gasteiger partial charge in [-0.15, -0.1) is 10.2 Å². The number of hydrogen-bond acceptors (Lipinski definition) is 7. The van der Waals surface area contributed by atoms with Gasteiger partial charge in [0.1, 0.15) is 5.82 Å². The fourth-order valence-corrected chi connectivity index (χ4v) is 5.53. The first-order valence-corrected chi connectivity index (χ1v) is 10.6. The molecule has 3 aliphatic heterocycles. The molecular formula is C21H24F2N6O. The maximum atomic E-state index is 13.8. The van der Waals surface area contributed by atoms with Crippen molar-refractivity contribution in [3.63, 3.8) is 0 Å². The zero-order valence-corrected chi connectivity index (χ0v) is 16.5. The zero-order chi connectivity index (χ0) is 20.4. The van der Waals surface area contributed by atoms with E-state index in [9.17, 15) is 13.9 Å². The van der Waals surface area contributed by atoms with E-state index in [1.54, 1.807) is 6.07 Å². The lowest BCUT2D eigenvalue weighted by atomic mass is 10.0. The standard InChI is InChI=1S/C21H24F2N6O/c22-11-3-13(20(30)17(23)4-11)18-5-19-21(27-26-18)25-6-12-9-28(1-2-29(12)19)10-16-14-7-24-8-15(14)16/h3-5,12,14-16,24,30H,1-2,6-10H2,(H,25,27)/t12-,14-,15+,16+/m0/s1. The molecule has 1 aromatic carbocycles. The van der Waals surface area contributed by atoms with Gasteiger partial charge < -0.3 is 20.6 Å². The van der Waals surface area contributed by atoms with E-state index >= 15 is 0 Å². The van der Waals surface area contributed by atoms with Gasteiger partial charge >= 0.3 is 0 Å². The van der Waals surface area contributed by atoms with Gasteiger partial charge in [-0.05, 0) is 43.0 Å². The molecule has 158 valence electrons. The Morgan fingerprint density at radius 2 is 1.90 bits per heavy atom. The van der Waals surface area contributed by atoms with Crippen molar-refractivity contribution in [2.24, 2.45) is 17.8 Å². The number of piperazine rings is 1. The van der Waals surface area contributed by atoms with Crippen molar-refractivity contribution in [1.82, 2.24) is 20.4 Å². The predicted molar refractivity (Wildman–Crippen MR) is 108 cm³/mol. The molecule has 7 nitrogen and oxygen atoms in total. The molecule has 3 fully saturated rings. The number of aromatic nitrogens is 2. The van der Waals surface area contributed by atoms with Crippen molar-refractivity contribution in [2.75, 3.05) is 56.0 Å². The SMILES string of the molecule is Oc1c(F)cc(F)cc1-c1cc2c(nn1)NC[C@H]1CN(C[C@H]3[C@@H]4CNC[C@@H]43)CCN21. The summed E-state index contributed by atoms with van der Waals surface area (Å²) < 4.78 is 27.5. The quantitative estimate of drug-likeness (QED) is 0.703. The third-order valence-corrected chi connectivity index (χ3v) is 7.20. The number of hydrogen-bond donors (Lipinski definition) is 3. The number of aromatic hydroxyl groups is 1. The first-order chi connectivity index (χ1) is 14.6. The molecule has 0 unspecified atom stereocenters. The number of phenolic OH excluding ortho intramolecular Hbond substituents is 1.